The molecule has 20 heavy (non-hydrogen) atoms. The molecule has 0 aromatic heterocycles. The van der Waals surface area contributed by atoms with Crippen LogP contribution >= 0.6 is 23.2 Å². The SMILES string of the molecule is CCC1CCC(Cl)C(Cc2cc(Cl)cc3c2OCC3)C1. The van der Waals surface area contributed by atoms with Crippen molar-refractivity contribution in [2.24, 2.45) is 11.8 Å². The normalized spacial score (nSPS) is 29.1. The minimum absolute atomic E-state index is 0.300. The third-order valence-corrected chi connectivity index (χ3v) is 5.68. The highest BCUT2D eigenvalue weighted by molar-refractivity contribution is 6.30. The van der Waals surface area contributed by atoms with E-state index >= 15 is 0 Å². The number of hydrogen-bond donors (Lipinski definition) is 0. The first-order valence-electron chi connectivity index (χ1n) is 7.75. The fourth-order valence-corrected chi connectivity index (χ4v) is 4.27. The van der Waals surface area contributed by atoms with E-state index in [9.17, 15) is 0 Å². The summed E-state index contributed by atoms with van der Waals surface area (Å²) in [5.41, 5.74) is 2.53. The molecule has 1 aromatic rings. The molecule has 1 heterocycles. The summed E-state index contributed by atoms with van der Waals surface area (Å²) in [6.07, 6.45) is 6.93. The van der Waals surface area contributed by atoms with Crippen molar-refractivity contribution in [3.8, 4) is 5.75 Å². The molecule has 1 saturated carbocycles. The Kier molecular flexibility index (Phi) is 4.47. The summed E-state index contributed by atoms with van der Waals surface area (Å²) in [4.78, 5) is 0. The number of benzene rings is 1. The fourth-order valence-electron chi connectivity index (χ4n) is 3.69. The molecule has 0 spiro atoms. The van der Waals surface area contributed by atoms with E-state index in [1.54, 1.807) is 0 Å². The van der Waals surface area contributed by atoms with Crippen LogP contribution in [0.1, 0.15) is 43.7 Å². The van der Waals surface area contributed by atoms with Gasteiger partial charge in [-0.15, -0.1) is 11.6 Å². The lowest BCUT2D eigenvalue weighted by molar-refractivity contribution is 0.262. The van der Waals surface area contributed by atoms with Gasteiger partial charge in [0.1, 0.15) is 5.75 Å². The summed E-state index contributed by atoms with van der Waals surface area (Å²) in [5.74, 6) is 2.47. The van der Waals surface area contributed by atoms with Crippen LogP contribution in [-0.4, -0.2) is 12.0 Å². The van der Waals surface area contributed by atoms with Gasteiger partial charge in [-0.2, -0.15) is 0 Å². The van der Waals surface area contributed by atoms with Crippen LogP contribution < -0.4 is 4.74 Å². The van der Waals surface area contributed by atoms with Gasteiger partial charge < -0.3 is 4.74 Å². The first kappa shape index (κ1) is 14.5. The molecule has 1 aliphatic carbocycles. The average molecular weight is 313 g/mol. The zero-order valence-electron chi connectivity index (χ0n) is 12.0. The van der Waals surface area contributed by atoms with Crippen LogP contribution in [0.15, 0.2) is 12.1 Å². The van der Waals surface area contributed by atoms with Gasteiger partial charge in [0.25, 0.3) is 0 Å². The van der Waals surface area contributed by atoms with Gasteiger partial charge in [0.05, 0.1) is 6.61 Å². The van der Waals surface area contributed by atoms with Gasteiger partial charge in [-0.1, -0.05) is 24.9 Å². The monoisotopic (exact) mass is 312 g/mol. The molecule has 1 aromatic carbocycles. The zero-order valence-corrected chi connectivity index (χ0v) is 13.5. The fraction of sp³-hybridized carbons (Fsp3) is 0.647. The summed E-state index contributed by atoms with van der Waals surface area (Å²) in [6.45, 7) is 3.08. The molecule has 3 unspecified atom stereocenters. The molecular formula is C17H22Cl2O. The molecule has 3 heteroatoms. The van der Waals surface area contributed by atoms with Gasteiger partial charge in [0.2, 0.25) is 0 Å². The van der Waals surface area contributed by atoms with Crippen molar-refractivity contribution in [1.29, 1.82) is 0 Å². The average Bonchev–Trinajstić information content (AvgIpc) is 2.89. The summed E-state index contributed by atoms with van der Waals surface area (Å²) < 4.78 is 5.81. The molecule has 1 aliphatic heterocycles. The van der Waals surface area contributed by atoms with Crippen molar-refractivity contribution < 1.29 is 4.74 Å². The van der Waals surface area contributed by atoms with Crippen molar-refractivity contribution >= 4 is 23.2 Å². The maximum Gasteiger partial charge on any atom is 0.125 e. The van der Waals surface area contributed by atoms with E-state index in [1.165, 1.54) is 30.4 Å². The van der Waals surface area contributed by atoms with Gasteiger partial charge in [-0.3, -0.25) is 0 Å². The minimum Gasteiger partial charge on any atom is -0.493 e. The number of fused-ring (bicyclic) bond motifs is 1. The number of ether oxygens (including phenoxy) is 1. The smallest absolute Gasteiger partial charge is 0.125 e. The van der Waals surface area contributed by atoms with Crippen LogP contribution in [0.3, 0.4) is 0 Å². The molecular weight excluding hydrogens is 291 g/mol. The van der Waals surface area contributed by atoms with Crippen LogP contribution in [0.25, 0.3) is 0 Å². The van der Waals surface area contributed by atoms with Crippen molar-refractivity contribution in [1.82, 2.24) is 0 Å². The standard InChI is InChI=1S/C17H22Cl2O/c1-2-11-3-4-16(19)13(7-11)8-14-10-15(18)9-12-5-6-20-17(12)14/h9-11,13,16H,2-8H2,1H3. The Hall–Kier alpha value is -0.400. The van der Waals surface area contributed by atoms with E-state index < -0.39 is 0 Å². The lowest BCUT2D eigenvalue weighted by atomic mass is 9.77. The zero-order chi connectivity index (χ0) is 14.1. The van der Waals surface area contributed by atoms with Crippen molar-refractivity contribution in [3.63, 3.8) is 0 Å². The number of halogens is 2. The van der Waals surface area contributed by atoms with E-state index in [0.29, 0.717) is 11.3 Å². The van der Waals surface area contributed by atoms with Crippen LogP contribution in [0.2, 0.25) is 5.02 Å². The highest BCUT2D eigenvalue weighted by Crippen LogP contribution is 2.40. The minimum atomic E-state index is 0.300. The summed E-state index contributed by atoms with van der Waals surface area (Å²) in [6, 6.07) is 4.12. The third kappa shape index (κ3) is 2.94. The topological polar surface area (TPSA) is 9.23 Å². The van der Waals surface area contributed by atoms with Crippen molar-refractivity contribution in [2.75, 3.05) is 6.61 Å². The van der Waals surface area contributed by atoms with Gasteiger partial charge in [-0.05, 0) is 60.8 Å². The Morgan fingerprint density at radius 1 is 1.30 bits per heavy atom. The Bertz CT molecular complexity index is 486. The Balaban J connectivity index is 1.80. The molecule has 3 rings (SSSR count). The highest BCUT2D eigenvalue weighted by Gasteiger charge is 2.30. The second-order valence-corrected chi connectivity index (χ2v) is 7.22. The lowest BCUT2D eigenvalue weighted by Crippen LogP contribution is -2.27. The van der Waals surface area contributed by atoms with Gasteiger partial charge in [-0.25, -0.2) is 0 Å². The second kappa shape index (κ2) is 6.15. The summed E-state index contributed by atoms with van der Waals surface area (Å²) >= 11 is 12.8. The summed E-state index contributed by atoms with van der Waals surface area (Å²) in [7, 11) is 0. The molecule has 0 bridgehead atoms. The molecule has 0 radical (unpaired) electrons. The van der Waals surface area contributed by atoms with Crippen LogP contribution in [-0.2, 0) is 12.8 Å². The highest BCUT2D eigenvalue weighted by atomic mass is 35.5. The maximum atomic E-state index is 6.57. The van der Waals surface area contributed by atoms with E-state index in [4.69, 9.17) is 27.9 Å². The predicted molar refractivity (Wildman–Crippen MR) is 85.1 cm³/mol. The molecule has 1 nitrogen and oxygen atoms in total. The van der Waals surface area contributed by atoms with Gasteiger partial charge >= 0.3 is 0 Å². The Morgan fingerprint density at radius 3 is 2.95 bits per heavy atom. The van der Waals surface area contributed by atoms with Gasteiger partial charge in [0, 0.05) is 16.8 Å². The first-order chi connectivity index (χ1) is 9.67. The molecule has 2 aliphatic rings. The van der Waals surface area contributed by atoms with Crippen LogP contribution in [0.4, 0.5) is 0 Å². The molecule has 110 valence electrons. The first-order valence-corrected chi connectivity index (χ1v) is 8.57. The Labute approximate surface area is 131 Å². The molecule has 3 atom stereocenters. The van der Waals surface area contributed by atoms with E-state index in [1.807, 2.05) is 6.07 Å². The predicted octanol–water partition coefficient (Wildman–Crippen LogP) is 5.25. The Morgan fingerprint density at radius 2 is 2.15 bits per heavy atom. The molecule has 0 N–H and O–H groups in total. The molecule has 1 fully saturated rings. The quantitative estimate of drug-likeness (QED) is 0.692. The van der Waals surface area contributed by atoms with E-state index in [-0.39, 0.29) is 0 Å². The second-order valence-electron chi connectivity index (χ2n) is 6.22. The third-order valence-electron chi connectivity index (χ3n) is 4.88. The van der Waals surface area contributed by atoms with Crippen molar-refractivity contribution in [2.45, 2.75) is 50.8 Å². The largest absolute Gasteiger partial charge is 0.493 e. The van der Waals surface area contributed by atoms with Crippen LogP contribution in [0, 0.1) is 11.8 Å². The van der Waals surface area contributed by atoms with Crippen molar-refractivity contribution in [3.05, 3.63) is 28.3 Å². The number of alkyl halides is 1. The van der Waals surface area contributed by atoms with E-state index in [2.05, 4.69) is 13.0 Å². The summed E-state index contributed by atoms with van der Waals surface area (Å²) in [5, 5.41) is 1.13. The molecule has 0 saturated heterocycles. The molecule has 0 amide bonds. The number of rotatable bonds is 3. The van der Waals surface area contributed by atoms with Gasteiger partial charge in [0.15, 0.2) is 0 Å². The lowest BCUT2D eigenvalue weighted by Gasteiger charge is -2.33. The van der Waals surface area contributed by atoms with E-state index in [0.717, 1.165) is 42.6 Å². The van der Waals surface area contributed by atoms with Crippen LogP contribution in [0.5, 0.6) is 5.75 Å². The number of hydrogen-bond acceptors (Lipinski definition) is 1. The maximum absolute atomic E-state index is 6.57.